The molecular weight excluding hydrogens is 272 g/mol. The van der Waals surface area contributed by atoms with Gasteiger partial charge in [0.05, 0.1) is 18.1 Å². The van der Waals surface area contributed by atoms with Crippen LogP contribution in [0.2, 0.25) is 0 Å². The lowest BCUT2D eigenvalue weighted by Gasteiger charge is -2.07. The van der Waals surface area contributed by atoms with Crippen molar-refractivity contribution in [3.63, 3.8) is 0 Å². The molecule has 0 aliphatic rings. The smallest absolute Gasteiger partial charge is 0.267 e. The Morgan fingerprint density at radius 3 is 2.40 bits per heavy atom. The molecule has 20 heavy (non-hydrogen) atoms. The second kappa shape index (κ2) is 5.87. The van der Waals surface area contributed by atoms with Crippen molar-refractivity contribution in [1.82, 2.24) is 25.8 Å². The van der Waals surface area contributed by atoms with Crippen LogP contribution in [0.1, 0.15) is 10.4 Å². The third-order valence-electron chi connectivity index (χ3n) is 2.31. The molecule has 0 radical (unpaired) electrons. The average molecular weight is 281 g/mol. The van der Waals surface area contributed by atoms with Crippen LogP contribution >= 0.6 is 0 Å². The SMILES string of the molecule is O=C(NNC(=O)C(F)F)c1ccc(-n2ccnn2)cc1. The van der Waals surface area contributed by atoms with Crippen molar-refractivity contribution < 1.29 is 18.4 Å². The highest BCUT2D eigenvalue weighted by Crippen LogP contribution is 2.07. The summed E-state index contributed by atoms with van der Waals surface area (Å²) in [5.74, 6) is -2.28. The number of alkyl halides is 2. The van der Waals surface area contributed by atoms with Crippen molar-refractivity contribution in [3.05, 3.63) is 42.2 Å². The minimum Gasteiger partial charge on any atom is -0.267 e. The second-order valence-electron chi connectivity index (χ2n) is 3.64. The van der Waals surface area contributed by atoms with Gasteiger partial charge in [-0.05, 0) is 24.3 Å². The van der Waals surface area contributed by atoms with Crippen molar-refractivity contribution in [2.75, 3.05) is 0 Å². The summed E-state index contributed by atoms with van der Waals surface area (Å²) < 4.78 is 25.3. The predicted molar refractivity (Wildman–Crippen MR) is 63.0 cm³/mol. The molecule has 1 aromatic heterocycles. The van der Waals surface area contributed by atoms with E-state index in [1.807, 2.05) is 5.43 Å². The van der Waals surface area contributed by atoms with Crippen LogP contribution in [0.15, 0.2) is 36.7 Å². The fourth-order valence-electron chi connectivity index (χ4n) is 1.36. The molecule has 2 amide bonds. The van der Waals surface area contributed by atoms with E-state index in [0.717, 1.165) is 0 Å². The first-order valence-corrected chi connectivity index (χ1v) is 5.43. The van der Waals surface area contributed by atoms with Crippen LogP contribution in [0, 0.1) is 0 Å². The Balaban J connectivity index is 1.99. The zero-order valence-corrected chi connectivity index (χ0v) is 9.96. The van der Waals surface area contributed by atoms with Crippen LogP contribution in [-0.2, 0) is 4.79 Å². The maximum Gasteiger partial charge on any atom is 0.317 e. The first-order valence-electron chi connectivity index (χ1n) is 5.43. The van der Waals surface area contributed by atoms with Gasteiger partial charge in [0, 0.05) is 5.56 Å². The van der Waals surface area contributed by atoms with Crippen molar-refractivity contribution >= 4 is 11.8 Å². The van der Waals surface area contributed by atoms with Gasteiger partial charge in [-0.2, -0.15) is 8.78 Å². The number of hydrazine groups is 1. The molecule has 1 aromatic carbocycles. The van der Waals surface area contributed by atoms with E-state index >= 15 is 0 Å². The summed E-state index contributed by atoms with van der Waals surface area (Å²) >= 11 is 0. The van der Waals surface area contributed by atoms with E-state index in [2.05, 4.69) is 10.3 Å². The molecule has 1 heterocycles. The molecule has 0 saturated carbocycles. The van der Waals surface area contributed by atoms with Gasteiger partial charge in [0.25, 0.3) is 5.91 Å². The Bertz CT molecular complexity index is 598. The third-order valence-corrected chi connectivity index (χ3v) is 2.31. The number of carbonyl (C=O) groups excluding carboxylic acids is 2. The number of nitrogens with zero attached hydrogens (tertiary/aromatic N) is 3. The van der Waals surface area contributed by atoms with E-state index < -0.39 is 18.2 Å². The Morgan fingerprint density at radius 1 is 1.15 bits per heavy atom. The first kappa shape index (κ1) is 13.6. The highest BCUT2D eigenvalue weighted by Gasteiger charge is 2.15. The summed E-state index contributed by atoms with van der Waals surface area (Å²) in [5.41, 5.74) is 4.36. The van der Waals surface area contributed by atoms with Crippen LogP contribution in [-0.4, -0.2) is 33.2 Å². The van der Waals surface area contributed by atoms with Crippen molar-refractivity contribution in [3.8, 4) is 5.69 Å². The summed E-state index contributed by atoms with van der Waals surface area (Å²) in [6, 6.07) is 6.11. The van der Waals surface area contributed by atoms with Crippen LogP contribution in [0.3, 0.4) is 0 Å². The summed E-state index contributed by atoms with van der Waals surface area (Å²) in [5, 5.41) is 7.40. The highest BCUT2D eigenvalue weighted by atomic mass is 19.3. The number of benzene rings is 1. The maximum atomic E-state index is 11.9. The molecule has 0 bridgehead atoms. The first-order chi connectivity index (χ1) is 9.58. The Labute approximate surface area is 111 Å². The zero-order valence-electron chi connectivity index (χ0n) is 9.96. The minimum atomic E-state index is -3.19. The summed E-state index contributed by atoms with van der Waals surface area (Å²) in [6.07, 6.45) is -0.0664. The average Bonchev–Trinajstić information content (AvgIpc) is 2.98. The lowest BCUT2D eigenvalue weighted by Crippen LogP contribution is -2.44. The van der Waals surface area contributed by atoms with Crippen LogP contribution in [0.4, 0.5) is 8.78 Å². The Kier molecular flexibility index (Phi) is 3.99. The molecule has 0 spiro atoms. The summed E-state index contributed by atoms with van der Waals surface area (Å²) in [6.45, 7) is 0. The number of nitrogens with one attached hydrogen (secondary N) is 2. The Hall–Kier alpha value is -2.84. The lowest BCUT2D eigenvalue weighted by molar-refractivity contribution is -0.132. The zero-order chi connectivity index (χ0) is 14.5. The molecule has 2 N–H and O–H groups in total. The summed E-state index contributed by atoms with van der Waals surface area (Å²) in [4.78, 5) is 22.2. The van der Waals surface area contributed by atoms with Gasteiger partial charge in [0.2, 0.25) is 0 Å². The molecule has 7 nitrogen and oxygen atoms in total. The molecule has 2 rings (SSSR count). The molecule has 0 aliphatic heterocycles. The van der Waals surface area contributed by atoms with Crippen molar-refractivity contribution in [2.45, 2.75) is 6.43 Å². The number of carbonyl (C=O) groups is 2. The molecule has 9 heteroatoms. The van der Waals surface area contributed by atoms with Gasteiger partial charge in [0.15, 0.2) is 0 Å². The molecular formula is C11H9F2N5O2. The van der Waals surface area contributed by atoms with E-state index in [4.69, 9.17) is 0 Å². The van der Waals surface area contributed by atoms with Gasteiger partial charge in [0.1, 0.15) is 0 Å². The maximum absolute atomic E-state index is 11.9. The van der Waals surface area contributed by atoms with Crippen LogP contribution in [0.5, 0.6) is 0 Å². The molecule has 0 atom stereocenters. The van der Waals surface area contributed by atoms with E-state index in [1.54, 1.807) is 23.8 Å². The minimum absolute atomic E-state index is 0.198. The highest BCUT2D eigenvalue weighted by molar-refractivity contribution is 5.95. The molecule has 104 valence electrons. The van der Waals surface area contributed by atoms with Crippen molar-refractivity contribution in [2.24, 2.45) is 0 Å². The van der Waals surface area contributed by atoms with Crippen molar-refractivity contribution in [1.29, 1.82) is 0 Å². The molecule has 0 fully saturated rings. The second-order valence-corrected chi connectivity index (χ2v) is 3.64. The van der Waals surface area contributed by atoms with E-state index in [1.165, 1.54) is 23.0 Å². The monoisotopic (exact) mass is 281 g/mol. The normalized spacial score (nSPS) is 10.3. The number of aromatic nitrogens is 3. The number of halogens is 2. The quantitative estimate of drug-likeness (QED) is 0.792. The van der Waals surface area contributed by atoms with Gasteiger partial charge in [-0.3, -0.25) is 20.4 Å². The fourth-order valence-corrected chi connectivity index (χ4v) is 1.36. The molecule has 2 aromatic rings. The van der Waals surface area contributed by atoms with Crippen LogP contribution < -0.4 is 10.9 Å². The van der Waals surface area contributed by atoms with E-state index in [0.29, 0.717) is 5.69 Å². The van der Waals surface area contributed by atoms with Gasteiger partial charge in [-0.25, -0.2) is 4.68 Å². The fraction of sp³-hybridized carbons (Fsp3) is 0.0909. The topological polar surface area (TPSA) is 88.9 Å². The third kappa shape index (κ3) is 3.13. The number of hydrogen-bond acceptors (Lipinski definition) is 4. The molecule has 0 saturated heterocycles. The van der Waals surface area contributed by atoms with Gasteiger partial charge >= 0.3 is 12.3 Å². The largest absolute Gasteiger partial charge is 0.317 e. The Morgan fingerprint density at radius 2 is 1.85 bits per heavy atom. The van der Waals surface area contributed by atoms with Crippen LogP contribution in [0.25, 0.3) is 5.69 Å². The van der Waals surface area contributed by atoms with Gasteiger partial charge in [-0.15, -0.1) is 5.10 Å². The lowest BCUT2D eigenvalue weighted by atomic mass is 10.2. The van der Waals surface area contributed by atoms with Gasteiger partial charge < -0.3 is 0 Å². The number of rotatable bonds is 3. The van der Waals surface area contributed by atoms with E-state index in [9.17, 15) is 18.4 Å². The predicted octanol–water partition coefficient (Wildman–Crippen LogP) is 0.293. The van der Waals surface area contributed by atoms with Gasteiger partial charge in [-0.1, -0.05) is 5.21 Å². The number of amides is 2. The standard InChI is InChI=1S/C11H9F2N5O2/c12-9(13)11(20)16-15-10(19)7-1-3-8(4-2-7)18-6-5-14-17-18/h1-6,9H,(H,15,19)(H,16,20). The molecule has 0 unspecified atom stereocenters. The molecule has 0 aliphatic carbocycles. The summed E-state index contributed by atoms with van der Waals surface area (Å²) in [7, 11) is 0. The van der Waals surface area contributed by atoms with E-state index in [-0.39, 0.29) is 5.56 Å². The number of hydrogen-bond donors (Lipinski definition) is 2.